The van der Waals surface area contributed by atoms with Gasteiger partial charge in [-0.1, -0.05) is 44.2 Å². The van der Waals surface area contributed by atoms with Gasteiger partial charge in [-0.3, -0.25) is 4.79 Å². The van der Waals surface area contributed by atoms with Gasteiger partial charge in [0.25, 0.3) is 0 Å². The van der Waals surface area contributed by atoms with Gasteiger partial charge in [0.05, 0.1) is 0 Å². The van der Waals surface area contributed by atoms with Crippen molar-refractivity contribution in [2.24, 2.45) is 5.92 Å². The Kier molecular flexibility index (Phi) is 7.33. The van der Waals surface area contributed by atoms with Crippen LogP contribution in [-0.2, 0) is 4.79 Å². The van der Waals surface area contributed by atoms with Gasteiger partial charge in [-0.15, -0.1) is 0 Å². The van der Waals surface area contributed by atoms with Crippen LogP contribution in [0.2, 0.25) is 0 Å². The lowest BCUT2D eigenvalue weighted by molar-refractivity contribution is -0.123. The van der Waals surface area contributed by atoms with Gasteiger partial charge in [-0.2, -0.15) is 0 Å². The van der Waals surface area contributed by atoms with E-state index in [4.69, 9.17) is 0 Å². The SMILES string of the molecule is C\C=C/C=C(\C=C/C)CNC(=O)C(C)C. The molecule has 1 amide bonds. The first-order valence-electron chi connectivity index (χ1n) is 5.34. The summed E-state index contributed by atoms with van der Waals surface area (Å²) in [5.74, 6) is 0.129. The lowest BCUT2D eigenvalue weighted by Crippen LogP contribution is -2.29. The monoisotopic (exact) mass is 207 g/mol. The number of carbonyl (C=O) groups is 1. The molecule has 0 atom stereocenters. The minimum absolute atomic E-state index is 0.0403. The molecular weight excluding hydrogens is 186 g/mol. The Morgan fingerprint density at radius 2 is 1.93 bits per heavy atom. The second kappa shape index (κ2) is 8.04. The summed E-state index contributed by atoms with van der Waals surface area (Å²) in [7, 11) is 0. The molecule has 84 valence electrons. The molecule has 0 aliphatic rings. The lowest BCUT2D eigenvalue weighted by atomic mass is 10.2. The van der Waals surface area contributed by atoms with Crippen LogP contribution >= 0.6 is 0 Å². The van der Waals surface area contributed by atoms with E-state index < -0.39 is 0 Å². The largest absolute Gasteiger partial charge is 0.352 e. The minimum Gasteiger partial charge on any atom is -0.352 e. The van der Waals surface area contributed by atoms with Crippen LogP contribution in [0.1, 0.15) is 27.7 Å². The molecule has 0 heterocycles. The Hall–Kier alpha value is -1.31. The van der Waals surface area contributed by atoms with Crippen LogP contribution in [0.3, 0.4) is 0 Å². The molecule has 0 aromatic heterocycles. The number of hydrogen-bond acceptors (Lipinski definition) is 1. The molecule has 15 heavy (non-hydrogen) atoms. The van der Waals surface area contributed by atoms with E-state index in [2.05, 4.69) is 5.32 Å². The topological polar surface area (TPSA) is 29.1 Å². The molecular formula is C13H21NO. The standard InChI is InChI=1S/C13H21NO/c1-5-7-9-12(8-6-2)10-14-13(15)11(3)4/h5-9,11H,10H2,1-4H3,(H,14,15)/b7-5-,8-6-,12-9+. The molecule has 0 saturated heterocycles. The molecule has 0 rings (SSSR count). The first kappa shape index (κ1) is 13.7. The zero-order valence-corrected chi connectivity index (χ0v) is 10.1. The Bertz CT molecular complexity index is 272. The summed E-state index contributed by atoms with van der Waals surface area (Å²) in [6.45, 7) is 8.30. The maximum Gasteiger partial charge on any atom is 0.222 e. The number of nitrogens with one attached hydrogen (secondary N) is 1. The molecule has 2 heteroatoms. The molecule has 0 radical (unpaired) electrons. The van der Waals surface area contributed by atoms with Crippen molar-refractivity contribution in [2.75, 3.05) is 6.54 Å². The van der Waals surface area contributed by atoms with Crippen LogP contribution in [0.25, 0.3) is 0 Å². The van der Waals surface area contributed by atoms with Gasteiger partial charge in [0, 0.05) is 12.5 Å². The summed E-state index contributed by atoms with van der Waals surface area (Å²) >= 11 is 0. The first-order valence-corrected chi connectivity index (χ1v) is 5.34. The highest BCUT2D eigenvalue weighted by Gasteiger charge is 2.05. The van der Waals surface area contributed by atoms with Gasteiger partial charge in [0.2, 0.25) is 5.91 Å². The highest BCUT2D eigenvalue weighted by molar-refractivity contribution is 5.78. The molecule has 0 aliphatic carbocycles. The number of amides is 1. The summed E-state index contributed by atoms with van der Waals surface area (Å²) in [5.41, 5.74) is 1.10. The Morgan fingerprint density at radius 3 is 2.40 bits per heavy atom. The Labute approximate surface area is 92.8 Å². The van der Waals surface area contributed by atoms with Crippen molar-refractivity contribution in [1.29, 1.82) is 0 Å². The van der Waals surface area contributed by atoms with E-state index in [1.165, 1.54) is 0 Å². The van der Waals surface area contributed by atoms with Crippen molar-refractivity contribution in [3.63, 3.8) is 0 Å². The quantitative estimate of drug-likeness (QED) is 0.690. The molecule has 0 saturated carbocycles. The smallest absolute Gasteiger partial charge is 0.222 e. The van der Waals surface area contributed by atoms with Crippen LogP contribution in [0.15, 0.2) is 36.0 Å². The van der Waals surface area contributed by atoms with Crippen molar-refractivity contribution in [1.82, 2.24) is 5.32 Å². The van der Waals surface area contributed by atoms with E-state index in [-0.39, 0.29) is 11.8 Å². The number of hydrogen-bond donors (Lipinski definition) is 1. The van der Waals surface area contributed by atoms with E-state index >= 15 is 0 Å². The van der Waals surface area contributed by atoms with E-state index in [0.717, 1.165) is 5.57 Å². The normalized spacial score (nSPS) is 13.0. The zero-order chi connectivity index (χ0) is 11.7. The second-order valence-electron chi connectivity index (χ2n) is 3.64. The zero-order valence-electron chi connectivity index (χ0n) is 10.1. The third-order valence-corrected chi connectivity index (χ3v) is 1.87. The van der Waals surface area contributed by atoms with Gasteiger partial charge < -0.3 is 5.32 Å². The summed E-state index contributed by atoms with van der Waals surface area (Å²) < 4.78 is 0. The highest BCUT2D eigenvalue weighted by Crippen LogP contribution is 1.98. The molecule has 0 aliphatic heterocycles. The fraction of sp³-hybridized carbons (Fsp3) is 0.462. The van der Waals surface area contributed by atoms with Gasteiger partial charge >= 0.3 is 0 Å². The number of carbonyl (C=O) groups excluding carboxylic acids is 1. The molecule has 2 nitrogen and oxygen atoms in total. The van der Waals surface area contributed by atoms with Gasteiger partial charge in [-0.05, 0) is 19.4 Å². The van der Waals surface area contributed by atoms with Gasteiger partial charge in [0.15, 0.2) is 0 Å². The Morgan fingerprint density at radius 1 is 1.27 bits per heavy atom. The van der Waals surface area contributed by atoms with Crippen molar-refractivity contribution in [2.45, 2.75) is 27.7 Å². The fourth-order valence-electron chi connectivity index (χ4n) is 1.00. The van der Waals surface area contributed by atoms with E-state index in [0.29, 0.717) is 6.54 Å². The summed E-state index contributed by atoms with van der Waals surface area (Å²) in [6.07, 6.45) is 9.91. The Balaban J connectivity index is 4.25. The third-order valence-electron chi connectivity index (χ3n) is 1.87. The molecule has 0 spiro atoms. The predicted octanol–water partition coefficient (Wildman–Crippen LogP) is 2.84. The van der Waals surface area contributed by atoms with Crippen molar-refractivity contribution in [3.05, 3.63) is 36.0 Å². The molecule has 0 unspecified atom stereocenters. The van der Waals surface area contributed by atoms with Crippen LogP contribution in [0.4, 0.5) is 0 Å². The van der Waals surface area contributed by atoms with E-state index in [9.17, 15) is 4.79 Å². The summed E-state index contributed by atoms with van der Waals surface area (Å²) in [4.78, 5) is 11.3. The van der Waals surface area contributed by atoms with E-state index in [1.54, 1.807) is 0 Å². The molecule has 0 aromatic carbocycles. The molecule has 0 aromatic rings. The van der Waals surface area contributed by atoms with Crippen molar-refractivity contribution >= 4 is 5.91 Å². The predicted molar refractivity (Wildman–Crippen MR) is 65.6 cm³/mol. The summed E-state index contributed by atoms with van der Waals surface area (Å²) in [6, 6.07) is 0. The van der Waals surface area contributed by atoms with Crippen LogP contribution in [0, 0.1) is 5.92 Å². The van der Waals surface area contributed by atoms with E-state index in [1.807, 2.05) is 58.1 Å². The fourth-order valence-corrected chi connectivity index (χ4v) is 1.00. The maximum absolute atomic E-state index is 11.3. The highest BCUT2D eigenvalue weighted by atomic mass is 16.1. The average molecular weight is 207 g/mol. The summed E-state index contributed by atoms with van der Waals surface area (Å²) in [5, 5.41) is 2.88. The average Bonchev–Trinajstić information content (AvgIpc) is 2.21. The van der Waals surface area contributed by atoms with Crippen LogP contribution < -0.4 is 5.32 Å². The van der Waals surface area contributed by atoms with Crippen molar-refractivity contribution < 1.29 is 4.79 Å². The van der Waals surface area contributed by atoms with Crippen LogP contribution in [0.5, 0.6) is 0 Å². The first-order chi connectivity index (χ1) is 7.11. The van der Waals surface area contributed by atoms with Gasteiger partial charge in [-0.25, -0.2) is 0 Å². The second-order valence-corrected chi connectivity index (χ2v) is 3.64. The molecule has 0 fully saturated rings. The minimum atomic E-state index is 0.0403. The third kappa shape index (κ3) is 6.72. The number of allylic oxidation sites excluding steroid dienone is 4. The number of rotatable bonds is 5. The molecule has 0 bridgehead atoms. The molecule has 1 N–H and O–H groups in total. The lowest BCUT2D eigenvalue weighted by Gasteiger charge is -2.07. The van der Waals surface area contributed by atoms with Crippen LogP contribution in [-0.4, -0.2) is 12.5 Å². The van der Waals surface area contributed by atoms with Crippen molar-refractivity contribution in [3.8, 4) is 0 Å². The maximum atomic E-state index is 11.3. The van der Waals surface area contributed by atoms with Gasteiger partial charge in [0.1, 0.15) is 0 Å².